The van der Waals surface area contributed by atoms with Crippen LogP contribution >= 0.6 is 55.8 Å². The lowest BCUT2D eigenvalue weighted by molar-refractivity contribution is -0.115. The summed E-state index contributed by atoms with van der Waals surface area (Å²) in [5.41, 5.74) is 3.97. The number of allylic oxidation sites excluding steroid dienone is 3. The molecule has 164 valence electrons. The van der Waals surface area contributed by atoms with Gasteiger partial charge in [-0.25, -0.2) is 0 Å². The van der Waals surface area contributed by atoms with Crippen LogP contribution in [0.4, 0.5) is 0 Å². The fourth-order valence-corrected chi connectivity index (χ4v) is 5.01. The van der Waals surface area contributed by atoms with Gasteiger partial charge >= 0.3 is 0 Å². The predicted molar refractivity (Wildman–Crippen MR) is 147 cm³/mol. The molecule has 0 bridgehead atoms. The predicted octanol–water partition coefficient (Wildman–Crippen LogP) is 7.43. The number of halogens is 2. The number of nitrogens with one attached hydrogen (secondary N) is 1. The smallest absolute Gasteiger partial charge is 0.264 e. The van der Waals surface area contributed by atoms with Gasteiger partial charge < -0.3 is 5.32 Å². The maximum absolute atomic E-state index is 13.2. The Morgan fingerprint density at radius 3 is 1.97 bits per heavy atom. The number of thiocarbonyl (C=S) groups is 1. The lowest BCUT2D eigenvalue weighted by Crippen LogP contribution is -2.18. The average molecular weight is 599 g/mol. The molecule has 1 aliphatic heterocycles. The molecule has 1 fully saturated rings. The largest absolute Gasteiger partial charge is 0.307 e. The second-order valence-corrected chi connectivity index (χ2v) is 10.8. The minimum atomic E-state index is -0.231. The van der Waals surface area contributed by atoms with Crippen LogP contribution in [0, 0.1) is 0 Å². The summed E-state index contributed by atoms with van der Waals surface area (Å²) in [6, 6.07) is 24.8. The van der Waals surface area contributed by atoms with Crippen LogP contribution in [0.25, 0.3) is 11.1 Å². The monoisotopic (exact) mass is 597 g/mol. The van der Waals surface area contributed by atoms with Crippen molar-refractivity contribution in [2.75, 3.05) is 0 Å². The number of amides is 1. The minimum Gasteiger partial charge on any atom is -0.307 e. The van der Waals surface area contributed by atoms with Gasteiger partial charge in [0.2, 0.25) is 0 Å². The second-order valence-electron chi connectivity index (χ2n) is 7.24. The van der Waals surface area contributed by atoms with Gasteiger partial charge in [0, 0.05) is 26.5 Å². The zero-order valence-electron chi connectivity index (χ0n) is 17.2. The fourth-order valence-electron chi connectivity index (χ4n) is 3.37. The number of Topliss-reactive ketones (excluding diaryl/α,β-unsaturated/α-hetero) is 1. The van der Waals surface area contributed by atoms with E-state index in [1.54, 1.807) is 0 Å². The standard InChI is InChI=1S/C26H17Br2NO2S2/c27-20-10-6-17(7-11-20)22(24-25(31)29-26(32)33-24)14-19(16-4-2-1-3-5-16)15-23(30)18-8-12-21(28)13-9-18/h1-14H,15H2,(H,29,31,32). The van der Waals surface area contributed by atoms with E-state index in [4.69, 9.17) is 12.2 Å². The Kier molecular flexibility index (Phi) is 7.75. The van der Waals surface area contributed by atoms with E-state index in [9.17, 15) is 9.59 Å². The van der Waals surface area contributed by atoms with Crippen molar-refractivity contribution in [3.8, 4) is 0 Å². The van der Waals surface area contributed by atoms with Crippen LogP contribution in [-0.2, 0) is 4.79 Å². The molecule has 1 saturated heterocycles. The van der Waals surface area contributed by atoms with Crippen molar-refractivity contribution in [3.05, 3.63) is 115 Å². The molecule has 33 heavy (non-hydrogen) atoms. The number of hydrogen-bond donors (Lipinski definition) is 1. The van der Waals surface area contributed by atoms with Crippen LogP contribution in [-0.4, -0.2) is 16.0 Å². The van der Waals surface area contributed by atoms with Crippen LogP contribution < -0.4 is 5.32 Å². The normalized spacial score (nSPS) is 15.4. The highest BCUT2D eigenvalue weighted by molar-refractivity contribution is 9.10. The number of benzene rings is 3. The fraction of sp³-hybridized carbons (Fsp3) is 0.0385. The Balaban J connectivity index is 1.83. The lowest BCUT2D eigenvalue weighted by Gasteiger charge is -2.12. The highest BCUT2D eigenvalue weighted by Crippen LogP contribution is 2.36. The van der Waals surface area contributed by atoms with Gasteiger partial charge in [-0.1, -0.05) is 110 Å². The number of thioether (sulfide) groups is 1. The molecule has 3 aromatic carbocycles. The zero-order valence-corrected chi connectivity index (χ0v) is 22.0. The van der Waals surface area contributed by atoms with E-state index in [2.05, 4.69) is 37.2 Å². The molecule has 0 aromatic heterocycles. The van der Waals surface area contributed by atoms with Gasteiger partial charge in [-0.2, -0.15) is 0 Å². The Morgan fingerprint density at radius 1 is 0.848 bits per heavy atom. The average Bonchev–Trinajstić information content (AvgIpc) is 3.15. The molecule has 0 unspecified atom stereocenters. The van der Waals surface area contributed by atoms with Crippen molar-refractivity contribution in [3.63, 3.8) is 0 Å². The molecule has 0 saturated carbocycles. The minimum absolute atomic E-state index is 0.00296. The summed E-state index contributed by atoms with van der Waals surface area (Å²) in [6.45, 7) is 0. The quantitative estimate of drug-likeness (QED) is 0.182. The summed E-state index contributed by atoms with van der Waals surface area (Å²) in [5.74, 6) is -0.234. The van der Waals surface area contributed by atoms with Crippen molar-refractivity contribution in [2.24, 2.45) is 0 Å². The highest BCUT2D eigenvalue weighted by Gasteiger charge is 2.26. The second kappa shape index (κ2) is 10.7. The molecule has 4 rings (SSSR count). The third-order valence-corrected chi connectivity index (χ3v) is 7.30. The first kappa shape index (κ1) is 23.8. The summed E-state index contributed by atoms with van der Waals surface area (Å²) in [5, 5.41) is 2.70. The molecule has 0 atom stereocenters. The molecule has 0 radical (unpaired) electrons. The first-order chi connectivity index (χ1) is 15.9. The van der Waals surface area contributed by atoms with Gasteiger partial charge in [0.05, 0.1) is 4.91 Å². The Hall–Kier alpha value is -2.32. The van der Waals surface area contributed by atoms with E-state index in [1.165, 1.54) is 11.8 Å². The van der Waals surface area contributed by atoms with Gasteiger partial charge in [0.25, 0.3) is 5.91 Å². The van der Waals surface area contributed by atoms with E-state index in [0.717, 1.165) is 31.2 Å². The molecule has 0 spiro atoms. The van der Waals surface area contributed by atoms with Gasteiger partial charge in [0.15, 0.2) is 5.78 Å². The van der Waals surface area contributed by atoms with Crippen LogP contribution in [0.15, 0.2) is 98.8 Å². The number of ketones is 1. The molecule has 3 aromatic rings. The van der Waals surface area contributed by atoms with Crippen molar-refractivity contribution in [1.29, 1.82) is 0 Å². The Bertz CT molecular complexity index is 1280. The van der Waals surface area contributed by atoms with E-state index in [-0.39, 0.29) is 18.1 Å². The van der Waals surface area contributed by atoms with Crippen molar-refractivity contribution in [2.45, 2.75) is 6.42 Å². The lowest BCUT2D eigenvalue weighted by atomic mass is 9.93. The highest BCUT2D eigenvalue weighted by atomic mass is 79.9. The maximum Gasteiger partial charge on any atom is 0.264 e. The van der Waals surface area contributed by atoms with Crippen LogP contribution in [0.3, 0.4) is 0 Å². The van der Waals surface area contributed by atoms with Crippen molar-refractivity contribution >= 4 is 83.0 Å². The topological polar surface area (TPSA) is 46.2 Å². The van der Waals surface area contributed by atoms with E-state index >= 15 is 0 Å². The Labute approximate surface area is 218 Å². The molecular formula is C26H17Br2NO2S2. The summed E-state index contributed by atoms with van der Waals surface area (Å²) in [6.07, 6.45) is 2.13. The van der Waals surface area contributed by atoms with Gasteiger partial charge in [-0.15, -0.1) is 0 Å². The van der Waals surface area contributed by atoms with Crippen molar-refractivity contribution in [1.82, 2.24) is 5.32 Å². The maximum atomic E-state index is 13.2. The molecule has 7 heteroatoms. The van der Waals surface area contributed by atoms with Crippen LogP contribution in [0.2, 0.25) is 0 Å². The SMILES string of the molecule is O=C1NC(=S)SC1=C(C=C(CC(=O)c1ccc(Br)cc1)c1ccccc1)c1ccc(Br)cc1. The molecule has 1 aliphatic rings. The number of hydrogen-bond acceptors (Lipinski definition) is 4. The number of rotatable bonds is 6. The van der Waals surface area contributed by atoms with E-state index in [0.29, 0.717) is 14.8 Å². The Morgan fingerprint density at radius 2 is 1.42 bits per heavy atom. The molecule has 0 aliphatic carbocycles. The summed E-state index contributed by atoms with van der Waals surface area (Å²) in [4.78, 5) is 26.3. The third kappa shape index (κ3) is 5.98. The molecule has 1 N–H and O–H groups in total. The van der Waals surface area contributed by atoms with Crippen molar-refractivity contribution < 1.29 is 9.59 Å². The number of carbonyl (C=O) groups excluding carboxylic acids is 2. The first-order valence-electron chi connectivity index (χ1n) is 9.99. The number of carbonyl (C=O) groups is 2. The molecule has 1 amide bonds. The van der Waals surface area contributed by atoms with Gasteiger partial charge in [-0.05, 0) is 47.0 Å². The summed E-state index contributed by atoms with van der Waals surface area (Å²) < 4.78 is 2.28. The summed E-state index contributed by atoms with van der Waals surface area (Å²) in [7, 11) is 0. The third-order valence-electron chi connectivity index (χ3n) is 5.00. The van der Waals surface area contributed by atoms with Crippen LogP contribution in [0.1, 0.15) is 27.9 Å². The van der Waals surface area contributed by atoms with E-state index in [1.807, 2.05) is 84.9 Å². The van der Waals surface area contributed by atoms with Gasteiger partial charge in [-0.3, -0.25) is 9.59 Å². The molecule has 3 nitrogen and oxygen atoms in total. The van der Waals surface area contributed by atoms with E-state index < -0.39 is 0 Å². The molecule has 1 heterocycles. The first-order valence-corrected chi connectivity index (χ1v) is 12.8. The van der Waals surface area contributed by atoms with Gasteiger partial charge in [0.1, 0.15) is 4.32 Å². The van der Waals surface area contributed by atoms with Crippen LogP contribution in [0.5, 0.6) is 0 Å². The zero-order chi connectivity index (χ0) is 23.4. The molecular weight excluding hydrogens is 582 g/mol. The summed E-state index contributed by atoms with van der Waals surface area (Å²) >= 11 is 13.3.